The number of aromatic nitrogens is 1. The molecule has 1 amide bonds. The zero-order valence-electron chi connectivity index (χ0n) is 10.3. The van der Waals surface area contributed by atoms with Gasteiger partial charge in [0.05, 0.1) is 25.7 Å². The summed E-state index contributed by atoms with van der Waals surface area (Å²) in [6.45, 7) is 3.47. The van der Waals surface area contributed by atoms with Crippen LogP contribution in [0.1, 0.15) is 11.4 Å². The Bertz CT molecular complexity index is 414. The Morgan fingerprint density at radius 2 is 2.35 bits per heavy atom. The normalized spacial score (nSPS) is 23.9. The van der Waals surface area contributed by atoms with Crippen molar-refractivity contribution in [2.45, 2.75) is 19.5 Å². The first-order chi connectivity index (χ1) is 8.09. The van der Waals surface area contributed by atoms with Crippen LogP contribution in [0.4, 0.5) is 0 Å². The maximum atomic E-state index is 11.9. The van der Waals surface area contributed by atoms with Gasteiger partial charge in [0, 0.05) is 24.5 Å². The molecule has 0 aromatic carbocycles. The summed E-state index contributed by atoms with van der Waals surface area (Å²) in [4.78, 5) is 11.9. The minimum Gasteiger partial charge on any atom is -0.379 e. The van der Waals surface area contributed by atoms with Crippen LogP contribution in [0.5, 0.6) is 0 Å². The highest BCUT2D eigenvalue weighted by atomic mass is 16.5. The molecule has 3 N–H and O–H groups in total. The molecule has 1 aromatic rings. The van der Waals surface area contributed by atoms with Gasteiger partial charge in [0.2, 0.25) is 5.91 Å². The summed E-state index contributed by atoms with van der Waals surface area (Å²) < 4.78 is 7.24. The van der Waals surface area contributed by atoms with Gasteiger partial charge in [0.25, 0.3) is 0 Å². The number of carbonyl (C=O) groups is 1. The van der Waals surface area contributed by atoms with Crippen molar-refractivity contribution in [1.29, 1.82) is 0 Å². The van der Waals surface area contributed by atoms with E-state index < -0.39 is 0 Å². The minimum atomic E-state index is -0.212. The molecular formula is C12H19N3O2. The van der Waals surface area contributed by atoms with Gasteiger partial charge in [-0.1, -0.05) is 0 Å². The van der Waals surface area contributed by atoms with Crippen LogP contribution in [0.2, 0.25) is 0 Å². The second-order valence-corrected chi connectivity index (χ2v) is 4.55. The van der Waals surface area contributed by atoms with Gasteiger partial charge in [0.1, 0.15) is 0 Å². The zero-order chi connectivity index (χ0) is 12.4. The van der Waals surface area contributed by atoms with E-state index in [2.05, 4.69) is 9.88 Å². The molecule has 1 aliphatic rings. The maximum Gasteiger partial charge on any atom is 0.227 e. The Hall–Kier alpha value is -1.33. The molecule has 0 aliphatic carbocycles. The fourth-order valence-corrected chi connectivity index (χ4v) is 1.99. The van der Waals surface area contributed by atoms with Crippen LogP contribution < -0.4 is 11.1 Å². The minimum absolute atomic E-state index is 0.0196. The molecule has 17 heavy (non-hydrogen) atoms. The summed E-state index contributed by atoms with van der Waals surface area (Å²) >= 11 is 0. The molecule has 1 saturated heterocycles. The molecule has 5 nitrogen and oxygen atoms in total. The topological polar surface area (TPSA) is 69.3 Å². The molecule has 94 valence electrons. The van der Waals surface area contributed by atoms with Crippen molar-refractivity contribution in [3.63, 3.8) is 0 Å². The number of aryl methyl sites for hydroxylation is 1. The lowest BCUT2D eigenvalue weighted by Gasteiger charge is -2.13. The Labute approximate surface area is 101 Å². The van der Waals surface area contributed by atoms with Crippen molar-refractivity contribution in [1.82, 2.24) is 9.88 Å². The van der Waals surface area contributed by atoms with E-state index in [-0.39, 0.29) is 17.9 Å². The third-order valence-corrected chi connectivity index (χ3v) is 3.38. The van der Waals surface area contributed by atoms with E-state index in [9.17, 15) is 4.79 Å². The standard InChI is InChI=1S/C12H19N3O2/c1-8-3-4-9(15(8)2)5-14-12(16)10-6-17-7-11(10)13/h3-4,10-11H,5-7,13H2,1-2H3,(H,14,16). The Morgan fingerprint density at radius 3 is 2.88 bits per heavy atom. The summed E-state index contributed by atoms with van der Waals surface area (Å²) in [6.07, 6.45) is 0. The van der Waals surface area contributed by atoms with Crippen LogP contribution in [0.3, 0.4) is 0 Å². The number of nitrogens with zero attached hydrogens (tertiary/aromatic N) is 1. The fraction of sp³-hybridized carbons (Fsp3) is 0.583. The smallest absolute Gasteiger partial charge is 0.227 e. The average molecular weight is 237 g/mol. The van der Waals surface area contributed by atoms with Crippen LogP contribution in [0.25, 0.3) is 0 Å². The van der Waals surface area contributed by atoms with Crippen LogP contribution >= 0.6 is 0 Å². The summed E-state index contributed by atoms with van der Waals surface area (Å²) in [5, 5.41) is 2.91. The van der Waals surface area contributed by atoms with Crippen molar-refractivity contribution < 1.29 is 9.53 Å². The molecule has 0 bridgehead atoms. The van der Waals surface area contributed by atoms with Crippen LogP contribution in [0, 0.1) is 12.8 Å². The van der Waals surface area contributed by atoms with Crippen molar-refractivity contribution in [2.75, 3.05) is 13.2 Å². The van der Waals surface area contributed by atoms with E-state index in [0.717, 1.165) is 5.69 Å². The summed E-state index contributed by atoms with van der Waals surface area (Å²) in [5.74, 6) is -0.231. The maximum absolute atomic E-state index is 11.9. The van der Waals surface area contributed by atoms with Gasteiger partial charge < -0.3 is 20.4 Å². The van der Waals surface area contributed by atoms with Crippen molar-refractivity contribution >= 4 is 5.91 Å². The molecule has 1 aliphatic heterocycles. The molecule has 1 aromatic heterocycles. The molecule has 0 spiro atoms. The lowest BCUT2D eigenvalue weighted by Crippen LogP contribution is -2.40. The van der Waals surface area contributed by atoms with Crippen LogP contribution in [0.15, 0.2) is 12.1 Å². The summed E-state index contributed by atoms with van der Waals surface area (Å²) in [6, 6.07) is 3.87. The van der Waals surface area contributed by atoms with E-state index >= 15 is 0 Å². The number of hydrogen-bond acceptors (Lipinski definition) is 3. The Kier molecular flexibility index (Phi) is 3.49. The number of nitrogens with two attached hydrogens (primary N) is 1. The first kappa shape index (κ1) is 12.1. The van der Waals surface area contributed by atoms with Gasteiger partial charge in [-0.05, 0) is 19.1 Å². The Balaban J connectivity index is 1.90. The van der Waals surface area contributed by atoms with E-state index in [0.29, 0.717) is 19.8 Å². The molecule has 2 atom stereocenters. The fourth-order valence-electron chi connectivity index (χ4n) is 1.99. The van der Waals surface area contributed by atoms with Gasteiger partial charge in [-0.3, -0.25) is 4.79 Å². The molecule has 0 radical (unpaired) electrons. The number of carbonyl (C=O) groups excluding carboxylic acids is 1. The number of hydrogen-bond donors (Lipinski definition) is 2. The van der Waals surface area contributed by atoms with Gasteiger partial charge in [-0.15, -0.1) is 0 Å². The molecule has 5 heteroatoms. The molecule has 2 unspecified atom stereocenters. The quantitative estimate of drug-likeness (QED) is 0.773. The highest BCUT2D eigenvalue weighted by molar-refractivity contribution is 5.79. The number of rotatable bonds is 3. The van der Waals surface area contributed by atoms with E-state index in [1.807, 2.05) is 26.1 Å². The monoisotopic (exact) mass is 237 g/mol. The van der Waals surface area contributed by atoms with Gasteiger partial charge in [-0.2, -0.15) is 0 Å². The largest absolute Gasteiger partial charge is 0.379 e. The third kappa shape index (κ3) is 2.50. The van der Waals surface area contributed by atoms with Crippen molar-refractivity contribution in [2.24, 2.45) is 18.7 Å². The first-order valence-corrected chi connectivity index (χ1v) is 5.82. The summed E-state index contributed by atoms with van der Waals surface area (Å²) in [5.41, 5.74) is 8.05. The Morgan fingerprint density at radius 1 is 1.59 bits per heavy atom. The second-order valence-electron chi connectivity index (χ2n) is 4.55. The highest BCUT2D eigenvalue weighted by Gasteiger charge is 2.31. The first-order valence-electron chi connectivity index (χ1n) is 5.82. The third-order valence-electron chi connectivity index (χ3n) is 3.38. The highest BCUT2D eigenvalue weighted by Crippen LogP contribution is 2.12. The number of amides is 1. The van der Waals surface area contributed by atoms with Crippen molar-refractivity contribution in [3.8, 4) is 0 Å². The number of nitrogens with one attached hydrogen (secondary N) is 1. The molecule has 2 rings (SSSR count). The SMILES string of the molecule is Cc1ccc(CNC(=O)C2COCC2N)n1C. The van der Waals surface area contributed by atoms with Crippen molar-refractivity contribution in [3.05, 3.63) is 23.5 Å². The predicted molar refractivity (Wildman–Crippen MR) is 64.3 cm³/mol. The molecular weight excluding hydrogens is 218 g/mol. The van der Waals surface area contributed by atoms with Gasteiger partial charge in [0.15, 0.2) is 0 Å². The lowest BCUT2D eigenvalue weighted by atomic mass is 10.0. The summed E-state index contributed by atoms with van der Waals surface area (Å²) in [7, 11) is 1.99. The lowest BCUT2D eigenvalue weighted by molar-refractivity contribution is -0.125. The van der Waals surface area contributed by atoms with E-state index in [1.54, 1.807) is 0 Å². The molecule has 2 heterocycles. The molecule has 1 fully saturated rings. The van der Waals surface area contributed by atoms with Gasteiger partial charge >= 0.3 is 0 Å². The van der Waals surface area contributed by atoms with E-state index in [4.69, 9.17) is 10.5 Å². The van der Waals surface area contributed by atoms with Crippen LogP contribution in [-0.2, 0) is 23.1 Å². The molecule has 0 saturated carbocycles. The van der Waals surface area contributed by atoms with E-state index in [1.165, 1.54) is 5.69 Å². The number of ether oxygens (including phenoxy) is 1. The zero-order valence-corrected chi connectivity index (χ0v) is 10.3. The average Bonchev–Trinajstić information content (AvgIpc) is 2.85. The van der Waals surface area contributed by atoms with Gasteiger partial charge in [-0.25, -0.2) is 0 Å². The predicted octanol–water partition coefficient (Wildman–Crippen LogP) is -0.0766. The second kappa shape index (κ2) is 4.89. The van der Waals surface area contributed by atoms with Crippen LogP contribution in [-0.4, -0.2) is 29.7 Å².